The van der Waals surface area contributed by atoms with E-state index in [2.05, 4.69) is 26.7 Å². The molecule has 4 rings (SSSR count). The van der Waals surface area contributed by atoms with Crippen molar-refractivity contribution in [2.45, 2.75) is 31.8 Å². The fourth-order valence-electron chi connectivity index (χ4n) is 4.34. The Morgan fingerprint density at radius 2 is 2.24 bits per heavy atom. The topological polar surface area (TPSA) is 150 Å². The molecular formula is C25H29N7O5. The van der Waals surface area contributed by atoms with Crippen LogP contribution in [-0.2, 0) is 27.2 Å². The van der Waals surface area contributed by atoms with Crippen molar-refractivity contribution in [3.05, 3.63) is 40.7 Å². The lowest BCUT2D eigenvalue weighted by atomic mass is 10.0. The van der Waals surface area contributed by atoms with Gasteiger partial charge < -0.3 is 19.7 Å². The first-order valence-electron chi connectivity index (χ1n) is 12.0. The van der Waals surface area contributed by atoms with Crippen molar-refractivity contribution in [3.8, 4) is 6.07 Å². The van der Waals surface area contributed by atoms with Gasteiger partial charge in [-0.25, -0.2) is 14.8 Å². The molecule has 1 atom stereocenters. The zero-order chi connectivity index (χ0) is 26.4. The molecule has 12 nitrogen and oxygen atoms in total. The van der Waals surface area contributed by atoms with Crippen LogP contribution in [0.25, 0.3) is 0 Å². The molecule has 2 aliphatic heterocycles. The Balaban J connectivity index is 1.54. The number of likely N-dealkylation sites (N-methyl/N-ethyl adjacent to an activating group) is 1. The minimum atomic E-state index is -0.446. The molecule has 194 valence electrons. The van der Waals surface area contributed by atoms with Crippen LogP contribution in [0.1, 0.15) is 40.0 Å². The molecule has 2 aromatic rings. The van der Waals surface area contributed by atoms with Crippen molar-refractivity contribution in [2.24, 2.45) is 0 Å². The average Bonchev–Trinajstić information content (AvgIpc) is 3.41. The van der Waals surface area contributed by atoms with E-state index in [1.54, 1.807) is 13.1 Å². The number of urea groups is 1. The monoisotopic (exact) mass is 507 g/mol. The van der Waals surface area contributed by atoms with Crippen molar-refractivity contribution >= 4 is 35.5 Å². The van der Waals surface area contributed by atoms with Crippen LogP contribution in [0.3, 0.4) is 0 Å². The highest BCUT2D eigenvalue weighted by Gasteiger charge is 2.27. The molecule has 0 radical (unpaired) electrons. The molecule has 12 heteroatoms. The van der Waals surface area contributed by atoms with Crippen LogP contribution in [0, 0.1) is 11.3 Å². The predicted octanol–water partition coefficient (Wildman–Crippen LogP) is 1.95. The number of hydrogen-bond acceptors (Lipinski definition) is 9. The van der Waals surface area contributed by atoms with Crippen molar-refractivity contribution in [1.82, 2.24) is 14.9 Å². The first-order chi connectivity index (χ1) is 17.9. The number of hydrogen-bond donors (Lipinski definition) is 2. The normalized spacial score (nSPS) is 16.5. The van der Waals surface area contributed by atoms with Gasteiger partial charge in [0.1, 0.15) is 30.0 Å². The Morgan fingerprint density at radius 1 is 1.41 bits per heavy atom. The maximum absolute atomic E-state index is 13.2. The van der Waals surface area contributed by atoms with E-state index >= 15 is 0 Å². The van der Waals surface area contributed by atoms with Gasteiger partial charge in [0, 0.05) is 51.7 Å². The molecule has 4 heterocycles. The molecule has 1 saturated heterocycles. The maximum atomic E-state index is 13.2. The second-order valence-electron chi connectivity index (χ2n) is 8.93. The molecule has 2 N–H and O–H groups in total. The highest BCUT2D eigenvalue weighted by atomic mass is 16.5. The lowest BCUT2D eigenvalue weighted by molar-refractivity contribution is -0.134. The molecule has 1 fully saturated rings. The summed E-state index contributed by atoms with van der Waals surface area (Å²) in [6.45, 7) is 1.74. The van der Waals surface area contributed by atoms with Crippen LogP contribution in [0.4, 0.5) is 22.1 Å². The number of amides is 3. The quantitative estimate of drug-likeness (QED) is 0.511. The molecule has 0 bridgehead atoms. The molecule has 37 heavy (non-hydrogen) atoms. The number of nitriles is 1. The van der Waals surface area contributed by atoms with Crippen molar-refractivity contribution in [2.75, 3.05) is 56.1 Å². The zero-order valence-corrected chi connectivity index (χ0v) is 20.8. The van der Waals surface area contributed by atoms with Crippen molar-refractivity contribution < 1.29 is 23.9 Å². The van der Waals surface area contributed by atoms with Crippen molar-refractivity contribution in [1.29, 1.82) is 5.26 Å². The first kappa shape index (κ1) is 26.0. The van der Waals surface area contributed by atoms with Crippen LogP contribution < -0.4 is 15.5 Å². The third kappa shape index (κ3) is 6.02. The number of ether oxygens (including phenoxy) is 2. The summed E-state index contributed by atoms with van der Waals surface area (Å²) in [7, 11) is 3.07. The van der Waals surface area contributed by atoms with E-state index in [0.717, 1.165) is 12.0 Å². The number of nitrogens with zero attached hydrogens (tertiary/aromatic N) is 5. The minimum Gasteiger partial charge on any atom is -0.379 e. The van der Waals surface area contributed by atoms with Gasteiger partial charge in [0.15, 0.2) is 6.29 Å². The molecule has 0 aliphatic carbocycles. The summed E-state index contributed by atoms with van der Waals surface area (Å²) in [5.41, 5.74) is 2.51. The summed E-state index contributed by atoms with van der Waals surface area (Å²) in [6.07, 6.45) is 4.24. The number of aldehydes is 1. The third-order valence-electron chi connectivity index (χ3n) is 6.28. The Kier molecular flexibility index (Phi) is 8.27. The molecule has 0 aromatic carbocycles. The van der Waals surface area contributed by atoms with E-state index in [9.17, 15) is 19.6 Å². The van der Waals surface area contributed by atoms with E-state index in [0.29, 0.717) is 61.5 Å². The third-order valence-corrected chi connectivity index (χ3v) is 6.28. The molecule has 0 spiro atoms. The molecule has 0 saturated carbocycles. The summed E-state index contributed by atoms with van der Waals surface area (Å²) in [5.74, 6) is 0.459. The molecule has 2 aliphatic rings. The first-order valence-corrected chi connectivity index (χ1v) is 12.0. The number of fused-ring (bicyclic) bond motifs is 1. The number of carbonyl (C=O) groups excluding carboxylic acids is 3. The standard InChI is InChI=1S/C25H29N7O5/c1-31(23(34)15-36-2)12-17-8-16-4-3-6-32(24(16)29-21(17)13-33)25(35)30-22-9-20(18(10-26)11-27-22)28-19-5-7-37-14-19/h8-9,11,13,19H,3-7,12,14-15H2,1-2H3,(H2,27,28,30,35). The van der Waals surface area contributed by atoms with Gasteiger partial charge in [0.25, 0.3) is 0 Å². The highest BCUT2D eigenvalue weighted by Crippen LogP contribution is 2.29. The predicted molar refractivity (Wildman–Crippen MR) is 134 cm³/mol. The van der Waals surface area contributed by atoms with E-state index in [-0.39, 0.29) is 36.6 Å². The molecule has 1 unspecified atom stereocenters. The van der Waals surface area contributed by atoms with Gasteiger partial charge in [0.05, 0.1) is 23.9 Å². The number of pyridine rings is 2. The molecule has 2 aromatic heterocycles. The Bertz CT molecular complexity index is 1220. The van der Waals surface area contributed by atoms with Gasteiger partial charge in [-0.3, -0.25) is 19.8 Å². The van der Waals surface area contributed by atoms with E-state index < -0.39 is 6.03 Å². The van der Waals surface area contributed by atoms with Crippen molar-refractivity contribution in [3.63, 3.8) is 0 Å². The summed E-state index contributed by atoms with van der Waals surface area (Å²) in [6, 6.07) is 5.19. The number of carbonyl (C=O) groups is 3. The van der Waals surface area contributed by atoms with Crippen LogP contribution in [0.15, 0.2) is 18.3 Å². The van der Waals surface area contributed by atoms with Gasteiger partial charge in [-0.05, 0) is 30.9 Å². The molecule has 3 amide bonds. The smallest absolute Gasteiger partial charge is 0.328 e. The Morgan fingerprint density at radius 3 is 2.95 bits per heavy atom. The largest absolute Gasteiger partial charge is 0.379 e. The van der Waals surface area contributed by atoms with E-state index in [1.165, 1.54) is 23.1 Å². The van der Waals surface area contributed by atoms with Gasteiger partial charge in [-0.2, -0.15) is 5.26 Å². The molecular weight excluding hydrogens is 478 g/mol. The van der Waals surface area contributed by atoms with Gasteiger partial charge in [0.2, 0.25) is 5.91 Å². The second kappa shape index (κ2) is 11.8. The lowest BCUT2D eigenvalue weighted by Gasteiger charge is -2.29. The minimum absolute atomic E-state index is 0.0612. The van der Waals surface area contributed by atoms with Gasteiger partial charge in [-0.1, -0.05) is 0 Å². The number of anilines is 3. The maximum Gasteiger partial charge on any atom is 0.328 e. The summed E-state index contributed by atoms with van der Waals surface area (Å²) >= 11 is 0. The summed E-state index contributed by atoms with van der Waals surface area (Å²) < 4.78 is 10.3. The zero-order valence-electron chi connectivity index (χ0n) is 20.8. The fraction of sp³-hybridized carbons (Fsp3) is 0.440. The highest BCUT2D eigenvalue weighted by molar-refractivity contribution is 6.01. The average molecular weight is 508 g/mol. The van der Waals surface area contributed by atoms with E-state index in [1.807, 2.05) is 6.07 Å². The van der Waals surface area contributed by atoms with Crippen LogP contribution in [0.5, 0.6) is 0 Å². The number of methoxy groups -OCH3 is 1. The van der Waals surface area contributed by atoms with Gasteiger partial charge in [-0.15, -0.1) is 0 Å². The number of aromatic nitrogens is 2. The lowest BCUT2D eigenvalue weighted by Crippen LogP contribution is -2.40. The van der Waals surface area contributed by atoms with Crippen LogP contribution in [0.2, 0.25) is 0 Å². The summed E-state index contributed by atoms with van der Waals surface area (Å²) in [5, 5.41) is 15.5. The SMILES string of the molecule is COCC(=O)N(C)Cc1cc2c(nc1C=O)N(C(=O)Nc1cc(NC3CCOC3)c(C#N)cn1)CCC2. The number of aryl methyl sites for hydroxylation is 1. The second-order valence-corrected chi connectivity index (χ2v) is 8.93. The number of rotatable bonds is 8. The fourth-order valence-corrected chi connectivity index (χ4v) is 4.34. The number of nitrogens with one attached hydrogen (secondary N) is 2. The summed E-state index contributed by atoms with van der Waals surface area (Å²) in [4.78, 5) is 48.8. The van der Waals surface area contributed by atoms with Crippen LogP contribution in [-0.4, -0.2) is 79.7 Å². The Labute approximate surface area is 214 Å². The van der Waals surface area contributed by atoms with Crippen LogP contribution >= 0.6 is 0 Å². The van der Waals surface area contributed by atoms with E-state index in [4.69, 9.17) is 9.47 Å². The van der Waals surface area contributed by atoms with Gasteiger partial charge >= 0.3 is 6.03 Å². The Hall–Kier alpha value is -4.08.